The number of carbonyl (C=O) groups excluding carboxylic acids is 2. The van der Waals surface area contributed by atoms with Crippen LogP contribution < -0.4 is 9.62 Å². The topological polar surface area (TPSA) is 86.8 Å². The number of amides is 2. The molecule has 7 nitrogen and oxygen atoms in total. The van der Waals surface area contributed by atoms with E-state index in [0.29, 0.717) is 12.2 Å². The lowest BCUT2D eigenvalue weighted by atomic mass is 10.1. The van der Waals surface area contributed by atoms with Gasteiger partial charge >= 0.3 is 0 Å². The summed E-state index contributed by atoms with van der Waals surface area (Å²) in [4.78, 5) is 28.6. The molecule has 3 aromatic carbocycles. The zero-order valence-electron chi connectivity index (χ0n) is 23.8. The largest absolute Gasteiger partial charge is 0.354 e. The lowest BCUT2D eigenvalue weighted by molar-refractivity contribution is -0.139. The standard InChI is InChI=1S/C31H38BrN3O4S/c1-6-7-19-33-31(37)25(5)34(20-26-13-15-27(32)16-14-26)30(36)21-35(29-10-8-9-23(3)24(29)4)40(38,39)28-17-11-22(2)12-18-28/h8-18,25H,6-7,19-21H2,1-5H3,(H,33,37). The number of sulfonamides is 1. The minimum atomic E-state index is -4.10. The fraction of sp³-hybridized carbons (Fsp3) is 0.355. The van der Waals surface area contributed by atoms with E-state index in [9.17, 15) is 18.0 Å². The predicted octanol–water partition coefficient (Wildman–Crippen LogP) is 5.90. The third-order valence-corrected chi connectivity index (χ3v) is 9.30. The summed E-state index contributed by atoms with van der Waals surface area (Å²) in [5, 5.41) is 2.90. The fourth-order valence-electron chi connectivity index (χ4n) is 4.26. The summed E-state index contributed by atoms with van der Waals surface area (Å²) in [5.74, 6) is -0.753. The zero-order chi connectivity index (χ0) is 29.4. The number of nitrogens with one attached hydrogen (secondary N) is 1. The lowest BCUT2D eigenvalue weighted by Crippen LogP contribution is -2.51. The van der Waals surface area contributed by atoms with Gasteiger partial charge in [0.15, 0.2) is 0 Å². The van der Waals surface area contributed by atoms with Gasteiger partial charge in [0.2, 0.25) is 11.8 Å². The van der Waals surface area contributed by atoms with E-state index >= 15 is 0 Å². The molecule has 0 aliphatic carbocycles. The van der Waals surface area contributed by atoms with Crippen molar-refractivity contribution in [2.45, 2.75) is 64.9 Å². The van der Waals surface area contributed by atoms with Crippen molar-refractivity contribution in [2.24, 2.45) is 0 Å². The van der Waals surface area contributed by atoms with Crippen LogP contribution in [0.25, 0.3) is 0 Å². The van der Waals surface area contributed by atoms with Crippen LogP contribution in [-0.4, -0.2) is 44.3 Å². The van der Waals surface area contributed by atoms with Gasteiger partial charge in [-0.3, -0.25) is 13.9 Å². The number of aryl methyl sites for hydroxylation is 2. The first-order valence-corrected chi connectivity index (χ1v) is 15.7. The van der Waals surface area contributed by atoms with E-state index in [2.05, 4.69) is 21.2 Å². The summed E-state index contributed by atoms with van der Waals surface area (Å²) in [6.07, 6.45) is 1.76. The number of rotatable bonds is 12. The first-order valence-electron chi connectivity index (χ1n) is 13.4. The molecule has 0 radical (unpaired) electrons. The molecule has 3 aromatic rings. The highest BCUT2D eigenvalue weighted by Gasteiger charge is 2.33. The normalized spacial score (nSPS) is 12.1. The van der Waals surface area contributed by atoms with Gasteiger partial charge in [-0.05, 0) is 81.1 Å². The quantitative estimate of drug-likeness (QED) is 0.253. The summed E-state index contributed by atoms with van der Waals surface area (Å²) in [6, 6.07) is 18.6. The van der Waals surface area contributed by atoms with Crippen molar-refractivity contribution < 1.29 is 18.0 Å². The van der Waals surface area contributed by atoms with E-state index in [1.807, 2.05) is 58.0 Å². The number of unbranched alkanes of at least 4 members (excludes halogenated alkanes) is 1. The Hall–Kier alpha value is -3.17. The average Bonchev–Trinajstić information content (AvgIpc) is 2.93. The van der Waals surface area contributed by atoms with E-state index in [4.69, 9.17) is 0 Å². The van der Waals surface area contributed by atoms with Gasteiger partial charge in [-0.2, -0.15) is 0 Å². The molecule has 0 saturated heterocycles. The number of halogens is 1. The molecule has 1 unspecified atom stereocenters. The van der Waals surface area contributed by atoms with Crippen LogP contribution in [0.15, 0.2) is 76.1 Å². The minimum Gasteiger partial charge on any atom is -0.354 e. The van der Waals surface area contributed by atoms with E-state index in [-0.39, 0.29) is 17.3 Å². The number of nitrogens with zero attached hydrogens (tertiary/aromatic N) is 2. The summed E-state index contributed by atoms with van der Waals surface area (Å²) >= 11 is 3.43. The van der Waals surface area contributed by atoms with Gasteiger partial charge in [0.05, 0.1) is 10.6 Å². The van der Waals surface area contributed by atoms with Crippen LogP contribution in [0.4, 0.5) is 5.69 Å². The van der Waals surface area contributed by atoms with Crippen molar-refractivity contribution >= 4 is 43.5 Å². The molecule has 3 rings (SSSR count). The Labute approximate surface area is 246 Å². The smallest absolute Gasteiger partial charge is 0.264 e. The summed E-state index contributed by atoms with van der Waals surface area (Å²) in [6.45, 7) is 9.55. The third kappa shape index (κ3) is 7.73. The van der Waals surface area contributed by atoms with Crippen LogP contribution in [0.1, 0.15) is 48.9 Å². The van der Waals surface area contributed by atoms with Gasteiger partial charge in [-0.1, -0.05) is 71.2 Å². The highest BCUT2D eigenvalue weighted by Crippen LogP contribution is 2.29. The Kier molecular flexibility index (Phi) is 10.9. The number of hydrogen-bond acceptors (Lipinski definition) is 4. The Morgan fingerprint density at radius 3 is 2.23 bits per heavy atom. The van der Waals surface area contributed by atoms with Crippen LogP contribution in [-0.2, 0) is 26.2 Å². The molecule has 0 bridgehead atoms. The maximum Gasteiger partial charge on any atom is 0.264 e. The van der Waals surface area contributed by atoms with Crippen LogP contribution >= 0.6 is 15.9 Å². The molecule has 0 aliphatic heterocycles. The highest BCUT2D eigenvalue weighted by molar-refractivity contribution is 9.10. The van der Waals surface area contributed by atoms with E-state index in [1.165, 1.54) is 9.21 Å². The number of benzene rings is 3. The summed E-state index contributed by atoms with van der Waals surface area (Å²) < 4.78 is 30.1. The molecular weight excluding hydrogens is 590 g/mol. The predicted molar refractivity (Wildman–Crippen MR) is 164 cm³/mol. The number of hydrogen-bond donors (Lipinski definition) is 1. The lowest BCUT2D eigenvalue weighted by Gasteiger charge is -2.32. The second-order valence-electron chi connectivity index (χ2n) is 10.0. The van der Waals surface area contributed by atoms with Crippen LogP contribution in [0, 0.1) is 20.8 Å². The maximum atomic E-state index is 14.0. The van der Waals surface area contributed by atoms with E-state index in [1.54, 1.807) is 43.3 Å². The van der Waals surface area contributed by atoms with Crippen molar-refractivity contribution in [3.8, 4) is 0 Å². The Morgan fingerprint density at radius 1 is 0.950 bits per heavy atom. The Bertz CT molecular complexity index is 1420. The average molecular weight is 629 g/mol. The number of carbonyl (C=O) groups is 2. The molecule has 0 heterocycles. The molecule has 0 spiro atoms. The second-order valence-corrected chi connectivity index (χ2v) is 12.8. The van der Waals surface area contributed by atoms with Crippen molar-refractivity contribution in [3.05, 3.63) is 93.5 Å². The Balaban J connectivity index is 2.04. The third-order valence-electron chi connectivity index (χ3n) is 7.00. The number of anilines is 1. The molecule has 40 heavy (non-hydrogen) atoms. The molecule has 0 aliphatic rings. The van der Waals surface area contributed by atoms with Crippen molar-refractivity contribution in [1.82, 2.24) is 10.2 Å². The van der Waals surface area contributed by atoms with Gasteiger partial charge in [0.1, 0.15) is 12.6 Å². The highest BCUT2D eigenvalue weighted by atomic mass is 79.9. The molecule has 1 N–H and O–H groups in total. The van der Waals surface area contributed by atoms with Gasteiger partial charge in [-0.15, -0.1) is 0 Å². The first kappa shape index (κ1) is 31.4. The van der Waals surface area contributed by atoms with Crippen LogP contribution in [0.2, 0.25) is 0 Å². The summed E-state index contributed by atoms with van der Waals surface area (Å²) in [5.41, 5.74) is 3.85. The van der Waals surface area contributed by atoms with Gasteiger partial charge < -0.3 is 10.2 Å². The Morgan fingerprint density at radius 2 is 1.60 bits per heavy atom. The molecule has 214 valence electrons. The van der Waals surface area contributed by atoms with Crippen molar-refractivity contribution in [2.75, 3.05) is 17.4 Å². The van der Waals surface area contributed by atoms with E-state index in [0.717, 1.165) is 39.6 Å². The van der Waals surface area contributed by atoms with Gasteiger partial charge in [-0.25, -0.2) is 8.42 Å². The molecule has 1 atom stereocenters. The van der Waals surface area contributed by atoms with Crippen molar-refractivity contribution in [1.29, 1.82) is 0 Å². The zero-order valence-corrected chi connectivity index (χ0v) is 26.2. The minimum absolute atomic E-state index is 0.0941. The molecule has 2 amide bonds. The SMILES string of the molecule is CCCCNC(=O)C(C)N(Cc1ccc(Br)cc1)C(=O)CN(c1cccc(C)c1C)S(=O)(=O)c1ccc(C)cc1. The molecule has 0 saturated carbocycles. The first-order chi connectivity index (χ1) is 18.9. The van der Waals surface area contributed by atoms with Crippen molar-refractivity contribution in [3.63, 3.8) is 0 Å². The monoisotopic (exact) mass is 627 g/mol. The van der Waals surface area contributed by atoms with Gasteiger partial charge in [0.25, 0.3) is 10.0 Å². The van der Waals surface area contributed by atoms with E-state index < -0.39 is 28.5 Å². The molecule has 0 fully saturated rings. The maximum absolute atomic E-state index is 14.0. The second kappa shape index (κ2) is 13.9. The van der Waals surface area contributed by atoms with Gasteiger partial charge in [0, 0.05) is 17.6 Å². The molecular formula is C31H38BrN3O4S. The van der Waals surface area contributed by atoms with Crippen LogP contribution in [0.3, 0.4) is 0 Å². The fourth-order valence-corrected chi connectivity index (χ4v) is 6.00. The van der Waals surface area contributed by atoms with Crippen LogP contribution in [0.5, 0.6) is 0 Å². The molecule has 9 heteroatoms. The molecule has 0 aromatic heterocycles. The summed E-state index contributed by atoms with van der Waals surface area (Å²) in [7, 11) is -4.10.